The first-order chi connectivity index (χ1) is 14.5. The highest BCUT2D eigenvalue weighted by molar-refractivity contribution is 6.11. The Balaban J connectivity index is 1.64. The molecule has 2 aliphatic heterocycles. The molecule has 0 bridgehead atoms. The predicted octanol–water partition coefficient (Wildman–Crippen LogP) is 3.28. The molecule has 2 aromatic rings. The smallest absolute Gasteiger partial charge is 0.363 e. The summed E-state index contributed by atoms with van der Waals surface area (Å²) in [4.78, 5) is 27.1. The highest BCUT2D eigenvalue weighted by Gasteiger charge is 2.27. The predicted molar refractivity (Wildman–Crippen MR) is 107 cm³/mol. The topological polar surface area (TPSA) is 109 Å². The number of carbonyl (C=O) groups is 1. The van der Waals surface area contributed by atoms with Crippen molar-refractivity contribution in [3.05, 3.63) is 75.0 Å². The van der Waals surface area contributed by atoms with Crippen molar-refractivity contribution < 1.29 is 28.7 Å². The van der Waals surface area contributed by atoms with Crippen molar-refractivity contribution in [1.29, 1.82) is 0 Å². The third kappa shape index (κ3) is 3.60. The van der Waals surface area contributed by atoms with Crippen LogP contribution in [0.1, 0.15) is 11.1 Å². The van der Waals surface area contributed by atoms with E-state index in [0.29, 0.717) is 17.1 Å². The first-order valence-corrected chi connectivity index (χ1v) is 8.85. The molecule has 30 heavy (non-hydrogen) atoms. The minimum Gasteiger partial charge on any atom is -0.497 e. The number of ether oxygens (including phenoxy) is 4. The van der Waals surface area contributed by atoms with Gasteiger partial charge in [-0.15, -0.1) is 0 Å². The van der Waals surface area contributed by atoms with Crippen molar-refractivity contribution in [2.24, 2.45) is 4.99 Å². The minimum atomic E-state index is -0.648. The zero-order valence-corrected chi connectivity index (χ0v) is 16.1. The van der Waals surface area contributed by atoms with Gasteiger partial charge in [0.2, 0.25) is 5.90 Å². The fourth-order valence-electron chi connectivity index (χ4n) is 3.05. The van der Waals surface area contributed by atoms with Crippen LogP contribution < -0.4 is 14.2 Å². The van der Waals surface area contributed by atoms with Gasteiger partial charge in [-0.05, 0) is 42.0 Å². The van der Waals surface area contributed by atoms with E-state index in [-0.39, 0.29) is 29.6 Å². The minimum absolute atomic E-state index is 0.0144. The van der Waals surface area contributed by atoms with Crippen LogP contribution in [0.3, 0.4) is 0 Å². The molecule has 0 aromatic heterocycles. The van der Waals surface area contributed by atoms with Crippen molar-refractivity contribution in [2.75, 3.05) is 20.8 Å². The average Bonchev–Trinajstić information content (AvgIpc) is 3.12. The largest absolute Gasteiger partial charge is 0.497 e. The number of esters is 1. The van der Waals surface area contributed by atoms with E-state index >= 15 is 0 Å². The fourth-order valence-corrected chi connectivity index (χ4v) is 3.05. The zero-order valence-electron chi connectivity index (χ0n) is 16.1. The molecule has 152 valence electrons. The highest BCUT2D eigenvalue weighted by atomic mass is 16.6. The second-order valence-corrected chi connectivity index (χ2v) is 6.39. The number of hydrogen-bond donors (Lipinski definition) is 0. The summed E-state index contributed by atoms with van der Waals surface area (Å²) in [6.45, 7) is 0.246. The van der Waals surface area contributed by atoms with Crippen LogP contribution in [0.2, 0.25) is 0 Å². The molecule has 0 N–H and O–H groups in total. The maximum absolute atomic E-state index is 12.3. The maximum Gasteiger partial charge on any atom is 0.363 e. The number of fused-ring (bicyclic) bond motifs is 1. The van der Waals surface area contributed by atoms with Gasteiger partial charge < -0.3 is 18.9 Å². The summed E-state index contributed by atoms with van der Waals surface area (Å²) in [5, 5.41) is 11.2. The summed E-state index contributed by atoms with van der Waals surface area (Å²) in [6.07, 6.45) is 3.45. The Kier molecular flexibility index (Phi) is 4.93. The Morgan fingerprint density at radius 1 is 1.17 bits per heavy atom. The van der Waals surface area contributed by atoms with Crippen LogP contribution in [0.5, 0.6) is 17.2 Å². The number of nitrogens with zero attached hydrogens (tertiary/aromatic N) is 2. The summed E-state index contributed by atoms with van der Waals surface area (Å²) in [5.74, 6) is 0.806. The van der Waals surface area contributed by atoms with E-state index in [1.165, 1.54) is 25.3 Å². The van der Waals surface area contributed by atoms with Gasteiger partial charge in [0.25, 0.3) is 0 Å². The van der Waals surface area contributed by atoms with E-state index < -0.39 is 10.9 Å². The van der Waals surface area contributed by atoms with Gasteiger partial charge in [0.15, 0.2) is 11.4 Å². The lowest BCUT2D eigenvalue weighted by Crippen LogP contribution is -2.08. The Morgan fingerprint density at radius 3 is 2.73 bits per heavy atom. The van der Waals surface area contributed by atoms with E-state index in [2.05, 4.69) is 4.99 Å². The lowest BCUT2D eigenvalue weighted by atomic mass is 10.1. The van der Waals surface area contributed by atoms with Gasteiger partial charge in [-0.1, -0.05) is 0 Å². The van der Waals surface area contributed by atoms with E-state index in [4.69, 9.17) is 18.9 Å². The Labute approximate surface area is 171 Å². The Hall–Kier alpha value is -4.14. The molecular weight excluding hydrogens is 392 g/mol. The quantitative estimate of drug-likeness (QED) is 0.323. The van der Waals surface area contributed by atoms with Crippen LogP contribution >= 0.6 is 0 Å². The molecule has 0 saturated carbocycles. The molecule has 0 atom stereocenters. The molecule has 9 heteroatoms. The number of aliphatic imine (C=N–C) groups is 1. The summed E-state index contributed by atoms with van der Waals surface area (Å²) in [7, 11) is 2.92. The monoisotopic (exact) mass is 408 g/mol. The first-order valence-electron chi connectivity index (χ1n) is 8.85. The molecule has 0 spiro atoms. The molecule has 0 aliphatic carbocycles. The van der Waals surface area contributed by atoms with Crippen LogP contribution in [0.15, 0.2) is 58.7 Å². The molecule has 0 radical (unpaired) electrons. The Bertz CT molecular complexity index is 1150. The number of rotatable bonds is 5. The molecule has 2 heterocycles. The summed E-state index contributed by atoms with van der Waals surface area (Å²) in [5.41, 5.74) is 1.70. The van der Waals surface area contributed by atoms with Crippen LogP contribution in [-0.4, -0.2) is 37.6 Å². The van der Waals surface area contributed by atoms with Gasteiger partial charge >= 0.3 is 11.7 Å². The van der Waals surface area contributed by atoms with E-state index in [0.717, 1.165) is 11.1 Å². The van der Waals surface area contributed by atoms with E-state index in [1.807, 2.05) is 18.2 Å². The average molecular weight is 408 g/mol. The van der Waals surface area contributed by atoms with Gasteiger partial charge in [0.05, 0.1) is 19.1 Å². The normalized spacial score (nSPS) is 16.2. The number of hydrogen-bond acceptors (Lipinski definition) is 8. The van der Waals surface area contributed by atoms with Crippen LogP contribution in [0, 0.1) is 10.1 Å². The molecule has 0 saturated heterocycles. The van der Waals surface area contributed by atoms with E-state index in [9.17, 15) is 14.9 Å². The summed E-state index contributed by atoms with van der Waals surface area (Å²) >= 11 is 0. The third-order valence-corrected chi connectivity index (χ3v) is 4.52. The molecule has 0 unspecified atom stereocenters. The fraction of sp³-hybridized carbons (Fsp3) is 0.143. The van der Waals surface area contributed by atoms with Crippen molar-refractivity contribution in [2.45, 2.75) is 0 Å². The second-order valence-electron chi connectivity index (χ2n) is 6.39. The number of cyclic esters (lactones) is 1. The third-order valence-electron chi connectivity index (χ3n) is 4.52. The van der Waals surface area contributed by atoms with Crippen molar-refractivity contribution in [3.63, 3.8) is 0 Å². The summed E-state index contributed by atoms with van der Waals surface area (Å²) < 4.78 is 21.1. The van der Waals surface area contributed by atoms with Crippen LogP contribution in [0.4, 0.5) is 5.69 Å². The van der Waals surface area contributed by atoms with Gasteiger partial charge in [-0.25, -0.2) is 9.79 Å². The molecule has 4 rings (SSSR count). The standard InChI is InChI=1S/C21H16N2O7/c1-27-15-5-3-13-7-12(11-29-19(13)10-15)8-16-21(24)30-20(22-16)14-4-6-18(28-2)17(9-14)23(25)26/h3-10H,11H2,1-2H3/b16-8-. The highest BCUT2D eigenvalue weighted by Crippen LogP contribution is 2.32. The lowest BCUT2D eigenvalue weighted by Gasteiger charge is -2.16. The van der Waals surface area contributed by atoms with Gasteiger partial charge in [-0.3, -0.25) is 10.1 Å². The SMILES string of the molecule is COc1ccc2c(c1)OCC(/C=C1\N=C(c3ccc(OC)c([N+](=O)[O-])c3)OC1=O)=C2. The van der Waals surface area contributed by atoms with Crippen molar-refractivity contribution >= 4 is 23.6 Å². The lowest BCUT2D eigenvalue weighted by molar-refractivity contribution is -0.385. The number of methoxy groups -OCH3 is 2. The van der Waals surface area contributed by atoms with Gasteiger partial charge in [-0.2, -0.15) is 0 Å². The number of benzene rings is 2. The first kappa shape index (κ1) is 19.2. The molecule has 9 nitrogen and oxygen atoms in total. The van der Waals surface area contributed by atoms with Crippen LogP contribution in [-0.2, 0) is 9.53 Å². The number of carbonyl (C=O) groups excluding carboxylic acids is 1. The Morgan fingerprint density at radius 2 is 2.00 bits per heavy atom. The number of nitro benzene ring substituents is 1. The van der Waals surface area contributed by atoms with Crippen LogP contribution in [0.25, 0.3) is 6.08 Å². The summed E-state index contributed by atoms with van der Waals surface area (Å²) in [6, 6.07) is 9.66. The zero-order chi connectivity index (χ0) is 21.3. The van der Waals surface area contributed by atoms with Gasteiger partial charge in [0.1, 0.15) is 18.1 Å². The van der Waals surface area contributed by atoms with Gasteiger partial charge in [0, 0.05) is 23.3 Å². The number of nitro groups is 1. The molecular formula is C21H16N2O7. The molecule has 2 aliphatic rings. The maximum atomic E-state index is 12.3. The second kappa shape index (κ2) is 7.70. The van der Waals surface area contributed by atoms with E-state index in [1.54, 1.807) is 19.3 Å². The van der Waals surface area contributed by atoms with Crippen molar-refractivity contribution in [1.82, 2.24) is 0 Å². The molecule has 0 amide bonds. The molecule has 0 fully saturated rings. The van der Waals surface area contributed by atoms with Crippen molar-refractivity contribution in [3.8, 4) is 17.2 Å². The molecule has 2 aromatic carbocycles.